The molecular weight excluding hydrogens is 348 g/mol. The van der Waals surface area contributed by atoms with E-state index in [-0.39, 0.29) is 17.3 Å². The maximum atomic E-state index is 11.9. The predicted molar refractivity (Wildman–Crippen MR) is 107 cm³/mol. The van der Waals surface area contributed by atoms with Crippen molar-refractivity contribution >= 4 is 23.3 Å². The molecule has 2 heterocycles. The van der Waals surface area contributed by atoms with Gasteiger partial charge in [0.2, 0.25) is 0 Å². The topological polar surface area (TPSA) is 66.8 Å². The first-order valence-electron chi connectivity index (χ1n) is 9.50. The minimum atomic E-state index is -0.0636. The molecule has 0 saturated carbocycles. The first kappa shape index (κ1) is 20.7. The molecule has 26 heavy (non-hydrogen) atoms. The van der Waals surface area contributed by atoms with Gasteiger partial charge in [0.15, 0.2) is 5.96 Å². The highest BCUT2D eigenvalue weighted by atomic mass is 32.1. The molecule has 0 aromatic carbocycles. The van der Waals surface area contributed by atoms with Crippen molar-refractivity contribution in [1.29, 1.82) is 0 Å². The Bertz CT molecular complexity index is 613. The quantitative estimate of drug-likeness (QED) is 0.483. The number of aromatic nitrogens is 1. The molecule has 0 atom stereocenters. The number of ether oxygens (including phenoxy) is 1. The van der Waals surface area contributed by atoms with Gasteiger partial charge in [0.25, 0.3) is 0 Å². The summed E-state index contributed by atoms with van der Waals surface area (Å²) in [6.07, 6.45) is 1.63. The standard InChI is InChI=1S/C19H32N4O2S/c1-6-20-18(21-12-15-13-26-17(22-15)19(3,4)5)23-10-8-14(9-11-23)16(24)25-7-2/h13-14H,6-12H2,1-5H3,(H,20,21). The molecular formula is C19H32N4O2S. The van der Waals surface area contributed by atoms with Crippen molar-refractivity contribution in [3.05, 3.63) is 16.1 Å². The van der Waals surface area contributed by atoms with Crippen molar-refractivity contribution in [2.75, 3.05) is 26.2 Å². The second-order valence-corrected chi connectivity index (χ2v) is 8.44. The van der Waals surface area contributed by atoms with Crippen LogP contribution in [0.25, 0.3) is 0 Å². The third-order valence-electron chi connectivity index (χ3n) is 4.33. The fraction of sp³-hybridized carbons (Fsp3) is 0.737. The number of aliphatic imine (C=N–C) groups is 1. The number of thiazole rings is 1. The largest absolute Gasteiger partial charge is 0.466 e. The molecule has 0 radical (unpaired) electrons. The zero-order valence-electron chi connectivity index (χ0n) is 16.7. The van der Waals surface area contributed by atoms with Gasteiger partial charge in [-0.2, -0.15) is 0 Å². The number of rotatable bonds is 5. The highest BCUT2D eigenvalue weighted by molar-refractivity contribution is 7.09. The van der Waals surface area contributed by atoms with E-state index in [2.05, 4.69) is 43.3 Å². The molecule has 1 aliphatic heterocycles. The van der Waals surface area contributed by atoms with Crippen LogP contribution in [-0.2, 0) is 21.5 Å². The van der Waals surface area contributed by atoms with Crippen LogP contribution in [0.5, 0.6) is 0 Å². The van der Waals surface area contributed by atoms with E-state index in [4.69, 9.17) is 14.7 Å². The second-order valence-electron chi connectivity index (χ2n) is 7.58. The first-order chi connectivity index (χ1) is 12.3. The smallest absolute Gasteiger partial charge is 0.309 e. The van der Waals surface area contributed by atoms with Crippen molar-refractivity contribution in [3.63, 3.8) is 0 Å². The summed E-state index contributed by atoms with van der Waals surface area (Å²) in [6.45, 7) is 13.9. The van der Waals surface area contributed by atoms with Crippen LogP contribution < -0.4 is 5.32 Å². The van der Waals surface area contributed by atoms with Crippen molar-refractivity contribution < 1.29 is 9.53 Å². The Morgan fingerprint density at radius 3 is 2.62 bits per heavy atom. The Kier molecular flexibility index (Phi) is 7.43. The molecule has 0 spiro atoms. The lowest BCUT2D eigenvalue weighted by molar-refractivity contribution is -0.149. The van der Waals surface area contributed by atoms with E-state index < -0.39 is 0 Å². The van der Waals surface area contributed by atoms with Crippen molar-refractivity contribution in [2.24, 2.45) is 10.9 Å². The molecule has 2 rings (SSSR count). The Balaban J connectivity index is 1.97. The molecule has 7 heteroatoms. The minimum Gasteiger partial charge on any atom is -0.466 e. The zero-order valence-corrected chi connectivity index (χ0v) is 17.5. The van der Waals surface area contributed by atoms with Crippen molar-refractivity contribution in [1.82, 2.24) is 15.2 Å². The van der Waals surface area contributed by atoms with E-state index in [9.17, 15) is 4.79 Å². The number of carbonyl (C=O) groups is 1. The van der Waals surface area contributed by atoms with Crippen molar-refractivity contribution in [3.8, 4) is 0 Å². The van der Waals surface area contributed by atoms with Gasteiger partial charge in [0, 0.05) is 30.4 Å². The summed E-state index contributed by atoms with van der Waals surface area (Å²) in [5.41, 5.74) is 1.09. The fourth-order valence-corrected chi connectivity index (χ4v) is 3.79. The summed E-state index contributed by atoms with van der Waals surface area (Å²) < 4.78 is 5.15. The summed E-state index contributed by atoms with van der Waals surface area (Å²) in [4.78, 5) is 23.6. The molecule has 1 fully saturated rings. The summed E-state index contributed by atoms with van der Waals surface area (Å²) >= 11 is 1.70. The number of likely N-dealkylation sites (tertiary alicyclic amines) is 1. The number of guanidine groups is 1. The molecule has 1 aromatic heterocycles. The molecule has 1 aliphatic rings. The molecule has 0 amide bonds. The van der Waals surface area contributed by atoms with Gasteiger partial charge in [0.05, 0.1) is 29.8 Å². The fourth-order valence-electron chi connectivity index (χ4n) is 2.89. The highest BCUT2D eigenvalue weighted by Crippen LogP contribution is 2.26. The van der Waals surface area contributed by atoms with Gasteiger partial charge in [0.1, 0.15) is 0 Å². The molecule has 0 unspecified atom stereocenters. The van der Waals surface area contributed by atoms with E-state index in [1.54, 1.807) is 11.3 Å². The van der Waals surface area contributed by atoms with Crippen LogP contribution in [0.15, 0.2) is 10.4 Å². The predicted octanol–water partition coefficient (Wildman–Crippen LogP) is 3.18. The number of piperidine rings is 1. The highest BCUT2D eigenvalue weighted by Gasteiger charge is 2.27. The normalized spacial score (nSPS) is 16.7. The molecule has 0 aliphatic carbocycles. The average molecular weight is 381 g/mol. The van der Waals surface area contributed by atoms with Crippen LogP contribution in [0.3, 0.4) is 0 Å². The maximum Gasteiger partial charge on any atom is 0.309 e. The van der Waals surface area contributed by atoms with Crippen molar-refractivity contribution in [2.45, 2.75) is 59.4 Å². The van der Waals surface area contributed by atoms with Gasteiger partial charge in [-0.05, 0) is 26.7 Å². The van der Waals surface area contributed by atoms with Crippen LogP contribution in [0.4, 0.5) is 0 Å². The van der Waals surface area contributed by atoms with Crippen LogP contribution in [0, 0.1) is 5.92 Å². The Morgan fingerprint density at radius 2 is 2.08 bits per heavy atom. The monoisotopic (exact) mass is 380 g/mol. The lowest BCUT2D eigenvalue weighted by Gasteiger charge is -2.33. The maximum absolute atomic E-state index is 11.9. The van der Waals surface area contributed by atoms with E-state index in [0.29, 0.717) is 13.2 Å². The van der Waals surface area contributed by atoms with Crippen LogP contribution in [0.1, 0.15) is 58.2 Å². The van der Waals surface area contributed by atoms with Crippen LogP contribution in [0.2, 0.25) is 0 Å². The SMILES string of the molecule is CCNC(=NCc1csc(C(C)(C)C)n1)N1CCC(C(=O)OCC)CC1. The number of nitrogens with one attached hydrogen (secondary N) is 1. The number of hydrogen-bond donors (Lipinski definition) is 1. The number of carbonyl (C=O) groups excluding carboxylic acids is 1. The lowest BCUT2D eigenvalue weighted by atomic mass is 9.97. The van der Waals surface area contributed by atoms with E-state index in [0.717, 1.165) is 49.1 Å². The van der Waals surface area contributed by atoms with Gasteiger partial charge in [-0.15, -0.1) is 11.3 Å². The third kappa shape index (κ3) is 5.69. The minimum absolute atomic E-state index is 0.0157. The summed E-state index contributed by atoms with van der Waals surface area (Å²) in [6, 6.07) is 0. The Hall–Kier alpha value is -1.63. The van der Waals surface area contributed by atoms with Gasteiger partial charge in [-0.25, -0.2) is 9.98 Å². The Morgan fingerprint density at radius 1 is 1.38 bits per heavy atom. The van der Waals surface area contributed by atoms with Gasteiger partial charge in [-0.3, -0.25) is 4.79 Å². The Labute approximate surface area is 161 Å². The van der Waals surface area contributed by atoms with E-state index in [1.807, 2.05) is 6.92 Å². The zero-order chi connectivity index (χ0) is 19.2. The van der Waals surface area contributed by atoms with Crippen LogP contribution in [-0.4, -0.2) is 48.1 Å². The molecule has 1 saturated heterocycles. The summed E-state index contributed by atoms with van der Waals surface area (Å²) in [5, 5.41) is 6.60. The second kappa shape index (κ2) is 9.35. The number of nitrogens with zero attached hydrogens (tertiary/aromatic N) is 3. The molecule has 1 aromatic rings. The molecule has 1 N–H and O–H groups in total. The summed E-state index contributed by atoms with van der Waals surface area (Å²) in [5.74, 6) is 0.855. The molecule has 146 valence electrons. The third-order valence-corrected chi connectivity index (χ3v) is 5.65. The number of esters is 1. The summed E-state index contributed by atoms with van der Waals surface area (Å²) in [7, 11) is 0. The van der Waals surface area contributed by atoms with Gasteiger partial charge < -0.3 is 15.0 Å². The van der Waals surface area contributed by atoms with Crippen LogP contribution >= 0.6 is 11.3 Å². The van der Waals surface area contributed by atoms with E-state index >= 15 is 0 Å². The first-order valence-corrected chi connectivity index (χ1v) is 10.4. The molecule has 0 bridgehead atoms. The molecule has 6 nitrogen and oxygen atoms in total. The number of hydrogen-bond acceptors (Lipinski definition) is 5. The van der Waals surface area contributed by atoms with Gasteiger partial charge >= 0.3 is 5.97 Å². The van der Waals surface area contributed by atoms with Gasteiger partial charge in [-0.1, -0.05) is 20.8 Å². The van der Waals surface area contributed by atoms with E-state index in [1.165, 1.54) is 0 Å². The lowest BCUT2D eigenvalue weighted by Crippen LogP contribution is -2.46. The average Bonchev–Trinajstić information content (AvgIpc) is 3.08.